The summed E-state index contributed by atoms with van der Waals surface area (Å²) in [6.45, 7) is -0.684. The van der Waals surface area contributed by atoms with E-state index >= 15 is 0 Å². The molecule has 0 saturated heterocycles. The molecule has 0 aliphatic rings. The molecule has 0 radical (unpaired) electrons. The number of rotatable bonds is 2. The highest BCUT2D eigenvalue weighted by Crippen LogP contribution is 2.23. The maximum Gasteiger partial charge on any atom is 0.326 e. The Morgan fingerprint density at radius 2 is 2.11 bits per heavy atom. The maximum absolute atomic E-state index is 9.54. The lowest BCUT2D eigenvalue weighted by Gasteiger charge is -1.88. The summed E-state index contributed by atoms with van der Waals surface area (Å²) in [6, 6.07) is 7.84. The molecule has 0 saturated carbocycles. The quantitative estimate of drug-likeness (QED) is 0.909. The summed E-state index contributed by atoms with van der Waals surface area (Å²) < 4.78 is 27.8. The van der Waals surface area contributed by atoms with E-state index in [2.05, 4.69) is 20.3 Å². The number of benzene rings is 1. The van der Waals surface area contributed by atoms with E-state index < -0.39 is 23.0 Å². The zero-order chi connectivity index (χ0) is 13.5. The van der Waals surface area contributed by atoms with Gasteiger partial charge in [0.25, 0.3) is 0 Å². The van der Waals surface area contributed by atoms with E-state index in [1.165, 1.54) is 0 Å². The fourth-order valence-corrected chi connectivity index (χ4v) is 1.76. The molecule has 2 aromatic rings. The maximum atomic E-state index is 9.54. The third-order valence-corrected chi connectivity index (χ3v) is 2.78. The predicted molar refractivity (Wildman–Crippen MR) is 67.8 cm³/mol. The molecule has 0 fully saturated rings. The molecular weight excluding hydrogens is 326 g/mol. The monoisotopic (exact) mass is 333 g/mol. The van der Waals surface area contributed by atoms with Gasteiger partial charge in [-0.2, -0.15) is 12.8 Å². The van der Waals surface area contributed by atoms with Crippen molar-refractivity contribution in [3.8, 4) is 0 Å². The van der Waals surface area contributed by atoms with Crippen molar-refractivity contribution >= 4 is 43.4 Å². The average Bonchev–Trinajstić information content (AvgIpc) is 2.77. The molecule has 0 aliphatic heterocycles. The zero-order valence-corrected chi connectivity index (χ0v) is 11.3. The summed E-state index contributed by atoms with van der Waals surface area (Å²) >= 11 is 3.42. The van der Waals surface area contributed by atoms with Crippen molar-refractivity contribution in [2.24, 2.45) is 4.36 Å². The van der Waals surface area contributed by atoms with Gasteiger partial charge in [0.05, 0.1) is 6.26 Å². The number of hydrogen-bond acceptors (Lipinski definition) is 5. The van der Waals surface area contributed by atoms with Gasteiger partial charge in [-0.15, -0.1) is 0 Å². The molecule has 1 aromatic heterocycles. The molecule has 0 amide bonds. The van der Waals surface area contributed by atoms with E-state index in [-0.39, 0.29) is 0 Å². The van der Waals surface area contributed by atoms with Gasteiger partial charge in [-0.3, -0.25) is 4.79 Å². The van der Waals surface area contributed by atoms with Crippen LogP contribution in [0.2, 0.25) is 0 Å². The Hall–Kier alpha value is -1.67. The van der Waals surface area contributed by atoms with E-state index in [4.69, 9.17) is 9.52 Å². The van der Waals surface area contributed by atoms with Crippen LogP contribution in [-0.2, 0) is 15.3 Å². The largest absolute Gasteiger partial charge is 0.480 e. The first-order chi connectivity index (χ1) is 8.50. The number of nitrogens with zero attached hydrogens (tertiary/aromatic N) is 1. The molecule has 2 rings (SSSR count). The number of carboxylic acid groups (broad SMARTS) is 1. The first-order valence-electron chi connectivity index (χ1n) is 4.61. The summed E-state index contributed by atoms with van der Waals surface area (Å²) in [5.41, 5.74) is 0.925. The van der Waals surface area contributed by atoms with Crippen molar-refractivity contribution in [2.45, 2.75) is 0 Å². The molecule has 1 N–H and O–H groups in total. The molecule has 0 atom stereocenters. The second kappa shape index (κ2) is 6.92. The SMILES string of the molecule is Brc1cccc2occc12.O=C(O)CN=S(=O)=O. The van der Waals surface area contributed by atoms with Crippen molar-refractivity contribution < 1.29 is 22.7 Å². The first-order valence-corrected chi connectivity index (χ1v) is 6.43. The number of furan rings is 1. The summed E-state index contributed by atoms with van der Waals surface area (Å²) in [4.78, 5) is 9.54. The smallest absolute Gasteiger partial charge is 0.326 e. The Morgan fingerprint density at radius 1 is 1.39 bits per heavy atom. The second-order valence-electron chi connectivity index (χ2n) is 2.97. The third kappa shape index (κ3) is 4.68. The Bertz CT molecular complexity index is 668. The van der Waals surface area contributed by atoms with Crippen LogP contribution < -0.4 is 0 Å². The van der Waals surface area contributed by atoms with E-state index in [0.29, 0.717) is 0 Å². The van der Waals surface area contributed by atoms with Gasteiger partial charge >= 0.3 is 16.5 Å². The molecule has 0 aliphatic carbocycles. The first kappa shape index (κ1) is 14.4. The Labute approximate surface area is 112 Å². The molecule has 96 valence electrons. The lowest BCUT2D eigenvalue weighted by molar-refractivity contribution is -0.135. The van der Waals surface area contributed by atoms with Gasteiger partial charge in [-0.1, -0.05) is 22.0 Å². The summed E-state index contributed by atoms with van der Waals surface area (Å²) in [5, 5.41) is 8.92. The molecule has 0 bridgehead atoms. The lowest BCUT2D eigenvalue weighted by Crippen LogP contribution is -1.97. The molecule has 18 heavy (non-hydrogen) atoms. The van der Waals surface area contributed by atoms with Crippen molar-refractivity contribution in [3.63, 3.8) is 0 Å². The topological polar surface area (TPSA) is 96.9 Å². The Morgan fingerprint density at radius 3 is 2.61 bits per heavy atom. The van der Waals surface area contributed by atoms with Crippen LogP contribution in [0.1, 0.15) is 0 Å². The Balaban J connectivity index is 0.000000187. The highest BCUT2D eigenvalue weighted by atomic mass is 79.9. The minimum absolute atomic E-state index is 0.684. The summed E-state index contributed by atoms with van der Waals surface area (Å²) in [7, 11) is -2.59. The summed E-state index contributed by atoms with van der Waals surface area (Å²) in [5.74, 6) is -1.26. The van der Waals surface area contributed by atoms with Crippen LogP contribution in [0.25, 0.3) is 11.0 Å². The minimum atomic E-state index is -2.59. The Kier molecular flexibility index (Phi) is 5.53. The second-order valence-corrected chi connectivity index (χ2v) is 4.52. The van der Waals surface area contributed by atoms with Crippen molar-refractivity contribution in [1.82, 2.24) is 0 Å². The van der Waals surface area contributed by atoms with E-state index in [1.54, 1.807) is 6.26 Å². The van der Waals surface area contributed by atoms with Gasteiger partial charge in [-0.25, -0.2) is 0 Å². The van der Waals surface area contributed by atoms with E-state index in [1.807, 2.05) is 24.3 Å². The van der Waals surface area contributed by atoms with Gasteiger partial charge < -0.3 is 9.52 Å². The van der Waals surface area contributed by atoms with Gasteiger partial charge in [0.2, 0.25) is 0 Å². The molecular formula is C10H8BrNO5S. The molecule has 0 spiro atoms. The number of hydrogen-bond donors (Lipinski definition) is 1. The highest BCUT2D eigenvalue weighted by molar-refractivity contribution is 9.10. The number of carbonyl (C=O) groups is 1. The fourth-order valence-electron chi connectivity index (χ4n) is 1.07. The number of aliphatic carboxylic acids is 1. The zero-order valence-electron chi connectivity index (χ0n) is 8.91. The standard InChI is InChI=1S/C8H5BrO.C2H3NO4S/c9-7-2-1-3-8-6(7)4-5-10-8;4-2(5)1-3-8(6)7/h1-5H;1H2,(H,4,5). The molecule has 6 nitrogen and oxygen atoms in total. The van der Waals surface area contributed by atoms with Crippen molar-refractivity contribution in [1.29, 1.82) is 0 Å². The normalized spacial score (nSPS) is 9.39. The van der Waals surface area contributed by atoms with E-state index in [9.17, 15) is 13.2 Å². The van der Waals surface area contributed by atoms with Crippen LogP contribution in [0.4, 0.5) is 0 Å². The number of carboxylic acids is 1. The molecule has 1 heterocycles. The van der Waals surface area contributed by atoms with Crippen LogP contribution in [0.15, 0.2) is 43.8 Å². The molecule has 0 unspecified atom stereocenters. The predicted octanol–water partition coefficient (Wildman–Crippen LogP) is 2.33. The van der Waals surface area contributed by atoms with Gasteiger partial charge in [0.1, 0.15) is 5.58 Å². The molecule has 1 aromatic carbocycles. The van der Waals surface area contributed by atoms with Crippen LogP contribution in [0.5, 0.6) is 0 Å². The van der Waals surface area contributed by atoms with Crippen LogP contribution in [0.3, 0.4) is 0 Å². The van der Waals surface area contributed by atoms with Crippen molar-refractivity contribution in [2.75, 3.05) is 6.54 Å². The fraction of sp³-hybridized carbons (Fsp3) is 0.100. The molecule has 8 heteroatoms. The van der Waals surface area contributed by atoms with Crippen LogP contribution >= 0.6 is 15.9 Å². The average molecular weight is 334 g/mol. The van der Waals surface area contributed by atoms with Gasteiger partial charge in [0, 0.05) is 9.86 Å². The highest BCUT2D eigenvalue weighted by Gasteiger charge is 1.97. The van der Waals surface area contributed by atoms with Gasteiger partial charge in [-0.05, 0) is 18.2 Å². The van der Waals surface area contributed by atoms with E-state index in [0.717, 1.165) is 15.4 Å². The number of halogens is 1. The third-order valence-electron chi connectivity index (χ3n) is 1.75. The summed E-state index contributed by atoms with van der Waals surface area (Å²) in [6.07, 6.45) is 1.69. The van der Waals surface area contributed by atoms with Crippen molar-refractivity contribution in [3.05, 3.63) is 35.0 Å². The minimum Gasteiger partial charge on any atom is -0.480 e. The van der Waals surface area contributed by atoms with Gasteiger partial charge in [0.15, 0.2) is 6.54 Å². The number of fused-ring (bicyclic) bond motifs is 1. The lowest BCUT2D eigenvalue weighted by atomic mass is 10.3. The van der Waals surface area contributed by atoms with Crippen LogP contribution in [-0.4, -0.2) is 26.0 Å². The van der Waals surface area contributed by atoms with Crippen LogP contribution in [0, 0.1) is 0 Å².